The number of hydrogen-bond acceptors (Lipinski definition) is 9. The molecule has 168 valence electrons. The molecule has 0 saturated carbocycles. The average Bonchev–Trinajstić information content (AvgIpc) is 3.67. The molecule has 3 unspecified atom stereocenters. The van der Waals surface area contributed by atoms with Crippen molar-refractivity contribution in [3.63, 3.8) is 0 Å². The standard InChI is InChI=1S/C19H23N3O9/c1-4-14(31-16(24)11(3)8-30-15(23)5-2)22-18(26)20(6-12-9-28-12)17(25)21(19(22)27)7-13-10-29-13/h5,8,12-14H,2,4,6-7,9-10H2,1,3H3/b11-8+. The van der Waals surface area contributed by atoms with Crippen molar-refractivity contribution >= 4 is 11.9 Å². The molecular formula is C19H23N3O9. The van der Waals surface area contributed by atoms with Crippen LogP contribution >= 0.6 is 0 Å². The van der Waals surface area contributed by atoms with Crippen molar-refractivity contribution < 1.29 is 28.5 Å². The molecule has 31 heavy (non-hydrogen) atoms. The van der Waals surface area contributed by atoms with Gasteiger partial charge in [-0.15, -0.1) is 0 Å². The monoisotopic (exact) mass is 437 g/mol. The molecule has 1 aromatic rings. The first-order valence-corrected chi connectivity index (χ1v) is 9.67. The topological polar surface area (TPSA) is 144 Å². The normalized spacial score (nSPS) is 20.6. The van der Waals surface area contributed by atoms with Crippen LogP contribution in [0.1, 0.15) is 26.5 Å². The summed E-state index contributed by atoms with van der Waals surface area (Å²) in [5, 5.41) is 0. The fraction of sp³-hybridized carbons (Fsp3) is 0.526. The molecule has 12 heteroatoms. The van der Waals surface area contributed by atoms with E-state index in [-0.39, 0.29) is 37.3 Å². The molecule has 0 aromatic carbocycles. The molecule has 3 rings (SSSR count). The SMILES string of the molecule is C=CC(=O)O/C=C(\C)C(=O)OC(CC)n1c(=O)n(CC2CO2)c(=O)n(CC2CO2)c1=O. The van der Waals surface area contributed by atoms with Crippen LogP contribution in [0.5, 0.6) is 0 Å². The minimum Gasteiger partial charge on any atom is -0.437 e. The minimum atomic E-state index is -1.29. The predicted octanol–water partition coefficient (Wildman–Crippen LogP) is -0.946. The summed E-state index contributed by atoms with van der Waals surface area (Å²) in [6.45, 7) is 6.93. The van der Waals surface area contributed by atoms with Gasteiger partial charge in [-0.25, -0.2) is 37.7 Å². The van der Waals surface area contributed by atoms with Gasteiger partial charge in [-0.3, -0.25) is 0 Å². The van der Waals surface area contributed by atoms with E-state index in [0.717, 1.165) is 26.0 Å². The Labute approximate surface area is 175 Å². The van der Waals surface area contributed by atoms with Crippen molar-refractivity contribution in [2.45, 2.75) is 51.8 Å². The van der Waals surface area contributed by atoms with Gasteiger partial charge in [0, 0.05) is 12.5 Å². The molecule has 0 N–H and O–H groups in total. The van der Waals surface area contributed by atoms with Crippen LogP contribution in [-0.2, 0) is 41.6 Å². The maximum atomic E-state index is 13.0. The van der Waals surface area contributed by atoms with Gasteiger partial charge in [0.15, 0.2) is 6.23 Å². The van der Waals surface area contributed by atoms with Gasteiger partial charge >= 0.3 is 29.0 Å². The highest BCUT2D eigenvalue weighted by atomic mass is 16.6. The van der Waals surface area contributed by atoms with Crippen molar-refractivity contribution in [1.82, 2.24) is 13.7 Å². The van der Waals surface area contributed by atoms with Gasteiger partial charge in [0.1, 0.15) is 6.26 Å². The molecule has 0 aliphatic carbocycles. The Morgan fingerprint density at radius 2 is 1.61 bits per heavy atom. The van der Waals surface area contributed by atoms with Crippen LogP contribution in [0.2, 0.25) is 0 Å². The van der Waals surface area contributed by atoms with E-state index < -0.39 is 35.2 Å². The highest BCUT2D eigenvalue weighted by Gasteiger charge is 2.31. The third-order valence-corrected chi connectivity index (χ3v) is 4.63. The summed E-state index contributed by atoms with van der Waals surface area (Å²) in [5.41, 5.74) is -2.66. The largest absolute Gasteiger partial charge is 0.437 e. The lowest BCUT2D eigenvalue weighted by atomic mass is 10.3. The Morgan fingerprint density at radius 1 is 1.10 bits per heavy atom. The zero-order valence-corrected chi connectivity index (χ0v) is 17.1. The lowest BCUT2D eigenvalue weighted by molar-refractivity contribution is -0.150. The summed E-state index contributed by atoms with van der Waals surface area (Å²) in [6.07, 6.45) is -0.00954. The molecule has 2 fully saturated rings. The second-order valence-electron chi connectivity index (χ2n) is 7.06. The molecule has 0 amide bonds. The van der Waals surface area contributed by atoms with Gasteiger partial charge in [-0.2, -0.15) is 0 Å². The maximum absolute atomic E-state index is 13.0. The number of carbonyl (C=O) groups is 2. The van der Waals surface area contributed by atoms with E-state index in [0.29, 0.717) is 13.2 Å². The predicted molar refractivity (Wildman–Crippen MR) is 104 cm³/mol. The molecule has 0 spiro atoms. The first-order chi connectivity index (χ1) is 14.8. The number of hydrogen-bond donors (Lipinski definition) is 0. The van der Waals surface area contributed by atoms with Gasteiger partial charge in [-0.1, -0.05) is 13.5 Å². The van der Waals surface area contributed by atoms with Crippen LogP contribution in [0, 0.1) is 0 Å². The fourth-order valence-corrected chi connectivity index (χ4v) is 2.74. The molecule has 2 saturated heterocycles. The third kappa shape index (κ3) is 5.27. The quantitative estimate of drug-likeness (QED) is 0.196. The summed E-state index contributed by atoms with van der Waals surface area (Å²) in [6, 6.07) is 0. The Kier molecular flexibility index (Phi) is 6.71. The first kappa shape index (κ1) is 22.4. The molecule has 3 heterocycles. The Bertz CT molecular complexity index is 1030. The lowest BCUT2D eigenvalue weighted by Gasteiger charge is -2.20. The summed E-state index contributed by atoms with van der Waals surface area (Å²) in [4.78, 5) is 62.2. The summed E-state index contributed by atoms with van der Waals surface area (Å²) in [5.74, 6) is -1.68. The molecule has 12 nitrogen and oxygen atoms in total. The number of carbonyl (C=O) groups excluding carboxylic acids is 2. The van der Waals surface area contributed by atoms with Crippen molar-refractivity contribution in [1.29, 1.82) is 0 Å². The highest BCUT2D eigenvalue weighted by molar-refractivity contribution is 5.88. The third-order valence-electron chi connectivity index (χ3n) is 4.63. The minimum absolute atomic E-state index is 0.0235. The number of ether oxygens (including phenoxy) is 4. The summed E-state index contributed by atoms with van der Waals surface area (Å²) < 4.78 is 22.7. The van der Waals surface area contributed by atoms with Gasteiger partial charge in [0.2, 0.25) is 0 Å². The van der Waals surface area contributed by atoms with Crippen molar-refractivity contribution in [3.05, 3.63) is 55.9 Å². The number of nitrogens with zero attached hydrogens (tertiary/aromatic N) is 3. The molecule has 1 aromatic heterocycles. The van der Waals surface area contributed by atoms with E-state index in [9.17, 15) is 24.0 Å². The van der Waals surface area contributed by atoms with E-state index in [4.69, 9.17) is 14.2 Å². The second kappa shape index (κ2) is 9.27. The number of rotatable bonds is 10. The second-order valence-corrected chi connectivity index (χ2v) is 7.06. The average molecular weight is 437 g/mol. The number of esters is 2. The van der Waals surface area contributed by atoms with Crippen LogP contribution in [0.25, 0.3) is 0 Å². The van der Waals surface area contributed by atoms with E-state index in [1.165, 1.54) is 6.92 Å². The molecular weight excluding hydrogens is 414 g/mol. The van der Waals surface area contributed by atoms with Crippen LogP contribution in [-0.4, -0.2) is 51.1 Å². The summed E-state index contributed by atoms with van der Waals surface area (Å²) >= 11 is 0. The van der Waals surface area contributed by atoms with Gasteiger partial charge in [-0.05, 0) is 6.92 Å². The van der Waals surface area contributed by atoms with Crippen LogP contribution in [0.3, 0.4) is 0 Å². The molecule has 2 aliphatic rings. The fourth-order valence-electron chi connectivity index (χ4n) is 2.74. The van der Waals surface area contributed by atoms with Crippen molar-refractivity contribution in [3.8, 4) is 0 Å². The Morgan fingerprint density at radius 3 is 2.03 bits per heavy atom. The highest BCUT2D eigenvalue weighted by Crippen LogP contribution is 2.14. The van der Waals surface area contributed by atoms with Gasteiger partial charge < -0.3 is 18.9 Å². The summed E-state index contributed by atoms with van der Waals surface area (Å²) in [7, 11) is 0. The van der Waals surface area contributed by atoms with E-state index >= 15 is 0 Å². The Balaban J connectivity index is 1.96. The first-order valence-electron chi connectivity index (χ1n) is 9.67. The maximum Gasteiger partial charge on any atom is 0.339 e. The van der Waals surface area contributed by atoms with Crippen molar-refractivity contribution in [2.75, 3.05) is 13.2 Å². The Hall–Kier alpha value is -3.25. The van der Waals surface area contributed by atoms with Gasteiger partial charge in [0.05, 0.1) is 44.1 Å². The van der Waals surface area contributed by atoms with E-state index in [1.54, 1.807) is 6.92 Å². The van der Waals surface area contributed by atoms with E-state index in [1.807, 2.05) is 0 Å². The smallest absolute Gasteiger partial charge is 0.339 e. The molecule has 3 atom stereocenters. The zero-order chi connectivity index (χ0) is 22.7. The van der Waals surface area contributed by atoms with Crippen LogP contribution in [0.4, 0.5) is 0 Å². The lowest BCUT2D eigenvalue weighted by Crippen LogP contribution is -2.56. The van der Waals surface area contributed by atoms with Crippen molar-refractivity contribution in [2.24, 2.45) is 0 Å². The number of aromatic nitrogens is 3. The molecule has 0 radical (unpaired) electrons. The van der Waals surface area contributed by atoms with E-state index in [2.05, 4.69) is 11.3 Å². The van der Waals surface area contributed by atoms with Gasteiger partial charge in [0.25, 0.3) is 0 Å². The van der Waals surface area contributed by atoms with Crippen LogP contribution < -0.4 is 17.1 Å². The molecule has 2 aliphatic heterocycles. The number of epoxide rings is 2. The van der Waals surface area contributed by atoms with Crippen LogP contribution in [0.15, 0.2) is 38.9 Å². The molecule has 0 bridgehead atoms. The zero-order valence-electron chi connectivity index (χ0n) is 17.1.